The molecular formula is C26H31NO2. The van der Waals surface area contributed by atoms with Gasteiger partial charge in [-0.05, 0) is 67.2 Å². The maximum absolute atomic E-state index is 13.0. The molecule has 1 N–H and O–H groups in total. The summed E-state index contributed by atoms with van der Waals surface area (Å²) in [6, 6.07) is 22.5. The van der Waals surface area contributed by atoms with Crippen LogP contribution in [0.5, 0.6) is 5.75 Å². The molecule has 0 fully saturated rings. The maximum Gasteiger partial charge on any atom is 0.166 e. The van der Waals surface area contributed by atoms with Gasteiger partial charge in [-0.2, -0.15) is 0 Å². The standard InChI is InChI=1S/C26H31NO2/c1-2-16-27-17-9-18-29-26-20-23-14-7-6-13-22(23)19-24(26)25(28)15-8-12-21-10-4-3-5-11-21/h3-7,10-11,13-14,19-20,27H,2,8-9,12,15-18H2,1H3. The normalized spacial score (nSPS) is 10.9. The molecule has 29 heavy (non-hydrogen) atoms. The zero-order valence-electron chi connectivity index (χ0n) is 17.3. The van der Waals surface area contributed by atoms with Crippen molar-refractivity contribution in [2.75, 3.05) is 19.7 Å². The van der Waals surface area contributed by atoms with Crippen LogP contribution in [0.15, 0.2) is 66.7 Å². The first-order chi connectivity index (χ1) is 14.3. The van der Waals surface area contributed by atoms with Crippen LogP contribution < -0.4 is 10.1 Å². The molecule has 0 saturated carbocycles. The minimum atomic E-state index is 0.158. The highest BCUT2D eigenvalue weighted by molar-refractivity contribution is 6.02. The summed E-state index contributed by atoms with van der Waals surface area (Å²) in [7, 11) is 0. The summed E-state index contributed by atoms with van der Waals surface area (Å²) in [5.41, 5.74) is 1.98. The molecule has 3 rings (SSSR count). The number of ketones is 1. The lowest BCUT2D eigenvalue weighted by Gasteiger charge is -2.13. The lowest BCUT2D eigenvalue weighted by molar-refractivity contribution is 0.0976. The van der Waals surface area contributed by atoms with Crippen LogP contribution in [-0.2, 0) is 6.42 Å². The van der Waals surface area contributed by atoms with Crippen molar-refractivity contribution in [2.24, 2.45) is 0 Å². The SMILES string of the molecule is CCCNCCCOc1cc2ccccc2cc1C(=O)CCCc1ccccc1. The number of carbonyl (C=O) groups excluding carboxylic acids is 1. The highest BCUT2D eigenvalue weighted by Crippen LogP contribution is 2.28. The van der Waals surface area contributed by atoms with Crippen LogP contribution in [0, 0.1) is 0 Å². The number of rotatable bonds is 12. The van der Waals surface area contributed by atoms with Gasteiger partial charge in [0.05, 0.1) is 12.2 Å². The van der Waals surface area contributed by atoms with Crippen molar-refractivity contribution < 1.29 is 9.53 Å². The Labute approximate surface area is 174 Å². The fourth-order valence-electron chi connectivity index (χ4n) is 3.47. The number of carbonyl (C=O) groups is 1. The topological polar surface area (TPSA) is 38.3 Å². The molecule has 3 aromatic carbocycles. The van der Waals surface area contributed by atoms with E-state index in [2.05, 4.69) is 36.5 Å². The van der Waals surface area contributed by atoms with E-state index < -0.39 is 0 Å². The van der Waals surface area contributed by atoms with E-state index in [1.165, 1.54) is 5.56 Å². The summed E-state index contributed by atoms with van der Waals surface area (Å²) in [6.45, 7) is 4.73. The van der Waals surface area contributed by atoms with Gasteiger partial charge in [0.15, 0.2) is 5.78 Å². The third kappa shape index (κ3) is 6.43. The molecule has 3 heteroatoms. The Morgan fingerprint density at radius 3 is 2.38 bits per heavy atom. The Bertz CT molecular complexity index is 905. The summed E-state index contributed by atoms with van der Waals surface area (Å²) in [5.74, 6) is 0.870. The van der Waals surface area contributed by atoms with E-state index in [0.717, 1.165) is 49.5 Å². The predicted molar refractivity (Wildman–Crippen MR) is 121 cm³/mol. The van der Waals surface area contributed by atoms with E-state index in [4.69, 9.17) is 4.74 Å². The molecule has 0 radical (unpaired) electrons. The highest BCUT2D eigenvalue weighted by atomic mass is 16.5. The van der Waals surface area contributed by atoms with Gasteiger partial charge in [-0.1, -0.05) is 61.5 Å². The molecule has 0 saturated heterocycles. The van der Waals surface area contributed by atoms with Gasteiger partial charge in [0, 0.05) is 6.42 Å². The van der Waals surface area contributed by atoms with Crippen molar-refractivity contribution in [1.82, 2.24) is 5.32 Å². The van der Waals surface area contributed by atoms with E-state index in [-0.39, 0.29) is 5.78 Å². The zero-order valence-corrected chi connectivity index (χ0v) is 17.3. The average molecular weight is 390 g/mol. The monoisotopic (exact) mass is 389 g/mol. The maximum atomic E-state index is 13.0. The van der Waals surface area contributed by atoms with E-state index in [1.54, 1.807) is 0 Å². The lowest BCUT2D eigenvalue weighted by atomic mass is 9.99. The number of nitrogens with one attached hydrogen (secondary N) is 1. The van der Waals surface area contributed by atoms with Gasteiger partial charge in [0.2, 0.25) is 0 Å². The number of aryl methyl sites for hydroxylation is 1. The van der Waals surface area contributed by atoms with Gasteiger partial charge in [-0.15, -0.1) is 0 Å². The van der Waals surface area contributed by atoms with Gasteiger partial charge in [0.1, 0.15) is 5.75 Å². The second-order valence-corrected chi connectivity index (χ2v) is 7.41. The molecule has 152 valence electrons. The molecule has 0 spiro atoms. The van der Waals surface area contributed by atoms with Crippen molar-refractivity contribution in [1.29, 1.82) is 0 Å². The molecule has 0 unspecified atom stereocenters. The smallest absolute Gasteiger partial charge is 0.166 e. The first kappa shape index (κ1) is 21.1. The molecule has 0 bridgehead atoms. The zero-order chi connectivity index (χ0) is 20.3. The highest BCUT2D eigenvalue weighted by Gasteiger charge is 2.14. The predicted octanol–water partition coefficient (Wildman–Crippen LogP) is 5.81. The summed E-state index contributed by atoms with van der Waals surface area (Å²) in [6.07, 6.45) is 4.35. The first-order valence-electron chi connectivity index (χ1n) is 10.7. The van der Waals surface area contributed by atoms with Crippen LogP contribution in [-0.4, -0.2) is 25.5 Å². The van der Waals surface area contributed by atoms with Crippen molar-refractivity contribution in [3.63, 3.8) is 0 Å². The second-order valence-electron chi connectivity index (χ2n) is 7.41. The molecule has 0 amide bonds. The number of hydrogen-bond donors (Lipinski definition) is 1. The van der Waals surface area contributed by atoms with Crippen molar-refractivity contribution in [3.8, 4) is 5.75 Å². The molecule has 3 aromatic rings. The summed E-state index contributed by atoms with van der Waals surface area (Å²) >= 11 is 0. The van der Waals surface area contributed by atoms with Gasteiger partial charge in [-0.3, -0.25) is 4.79 Å². The fraction of sp³-hybridized carbons (Fsp3) is 0.346. The third-order valence-electron chi connectivity index (χ3n) is 5.04. The largest absolute Gasteiger partial charge is 0.493 e. The molecule has 0 atom stereocenters. The van der Waals surface area contributed by atoms with E-state index in [0.29, 0.717) is 24.3 Å². The number of ether oxygens (including phenoxy) is 1. The fourth-order valence-corrected chi connectivity index (χ4v) is 3.47. The van der Waals surface area contributed by atoms with Crippen molar-refractivity contribution >= 4 is 16.6 Å². The third-order valence-corrected chi connectivity index (χ3v) is 5.04. The second kappa shape index (κ2) is 11.4. The van der Waals surface area contributed by atoms with Gasteiger partial charge in [-0.25, -0.2) is 0 Å². The minimum Gasteiger partial charge on any atom is -0.493 e. The van der Waals surface area contributed by atoms with Crippen LogP contribution in [0.25, 0.3) is 10.8 Å². The number of fused-ring (bicyclic) bond motifs is 1. The first-order valence-corrected chi connectivity index (χ1v) is 10.7. The Morgan fingerprint density at radius 1 is 0.897 bits per heavy atom. The molecule has 0 heterocycles. The Morgan fingerprint density at radius 2 is 1.62 bits per heavy atom. The molecular weight excluding hydrogens is 358 g/mol. The average Bonchev–Trinajstić information content (AvgIpc) is 2.76. The quantitative estimate of drug-likeness (QED) is 0.314. The van der Waals surface area contributed by atoms with Crippen LogP contribution in [0.4, 0.5) is 0 Å². The summed E-state index contributed by atoms with van der Waals surface area (Å²) in [5, 5.41) is 5.57. The van der Waals surface area contributed by atoms with Gasteiger partial charge < -0.3 is 10.1 Å². The number of benzene rings is 3. The minimum absolute atomic E-state index is 0.158. The van der Waals surface area contributed by atoms with Crippen LogP contribution in [0.1, 0.15) is 48.5 Å². The van der Waals surface area contributed by atoms with Crippen molar-refractivity contribution in [2.45, 2.75) is 39.0 Å². The lowest BCUT2D eigenvalue weighted by Crippen LogP contribution is -2.18. The van der Waals surface area contributed by atoms with Crippen LogP contribution in [0.3, 0.4) is 0 Å². The molecule has 0 aliphatic heterocycles. The Kier molecular flexibility index (Phi) is 8.26. The van der Waals surface area contributed by atoms with Gasteiger partial charge in [0.25, 0.3) is 0 Å². The van der Waals surface area contributed by atoms with Gasteiger partial charge >= 0.3 is 0 Å². The molecule has 0 aromatic heterocycles. The molecule has 3 nitrogen and oxygen atoms in total. The van der Waals surface area contributed by atoms with E-state index >= 15 is 0 Å². The van der Waals surface area contributed by atoms with E-state index in [9.17, 15) is 4.79 Å². The van der Waals surface area contributed by atoms with E-state index in [1.807, 2.05) is 42.5 Å². The molecule has 0 aliphatic carbocycles. The summed E-state index contributed by atoms with van der Waals surface area (Å²) < 4.78 is 6.05. The van der Waals surface area contributed by atoms with Crippen LogP contribution >= 0.6 is 0 Å². The molecule has 0 aliphatic rings. The summed E-state index contributed by atoms with van der Waals surface area (Å²) in [4.78, 5) is 13.0. The Hall–Kier alpha value is -2.65. The Balaban J connectivity index is 1.65. The number of hydrogen-bond acceptors (Lipinski definition) is 3. The number of Topliss-reactive ketones (excluding diaryl/α,β-unsaturated/α-hetero) is 1. The van der Waals surface area contributed by atoms with Crippen molar-refractivity contribution in [3.05, 3.63) is 77.9 Å². The van der Waals surface area contributed by atoms with Crippen LogP contribution in [0.2, 0.25) is 0 Å².